The summed E-state index contributed by atoms with van der Waals surface area (Å²) in [5, 5.41) is 12.0. The zero-order valence-electron chi connectivity index (χ0n) is 10.2. The van der Waals surface area contributed by atoms with E-state index in [-0.39, 0.29) is 11.1 Å². The maximum absolute atomic E-state index is 12.1. The molecule has 0 spiro atoms. The summed E-state index contributed by atoms with van der Waals surface area (Å²) >= 11 is 5.70. The molecule has 6 nitrogen and oxygen atoms in total. The number of rotatable bonds is 3. The number of anilines is 1. The fourth-order valence-electron chi connectivity index (χ4n) is 2.36. The number of carboxylic acids is 1. The van der Waals surface area contributed by atoms with Crippen LogP contribution in [0.3, 0.4) is 0 Å². The summed E-state index contributed by atoms with van der Waals surface area (Å²) in [5.41, 5.74) is 0. The molecule has 2 atom stereocenters. The largest absolute Gasteiger partial charge is 0.481 e. The fourth-order valence-corrected chi connectivity index (χ4v) is 2.51. The van der Waals surface area contributed by atoms with E-state index >= 15 is 0 Å². The first kappa shape index (κ1) is 13.7. The standard InChI is InChI=1S/C12H14ClN3O3/c13-9-5-10(15-6-14-9)16-11(17)7-3-1-2-4-8(7)12(18)19/h5-8H,1-4H2,(H,18,19)(H,14,15,16,17)/t7-,8+/m1/s1. The van der Waals surface area contributed by atoms with Gasteiger partial charge in [-0.1, -0.05) is 24.4 Å². The number of nitrogens with one attached hydrogen (secondary N) is 1. The number of halogens is 1. The van der Waals surface area contributed by atoms with E-state index in [1.807, 2.05) is 0 Å². The second-order valence-electron chi connectivity index (χ2n) is 4.55. The van der Waals surface area contributed by atoms with Gasteiger partial charge in [0.15, 0.2) is 0 Å². The Hall–Kier alpha value is -1.69. The van der Waals surface area contributed by atoms with E-state index < -0.39 is 17.8 Å². The Bertz CT molecular complexity index is 495. The molecule has 1 saturated carbocycles. The Morgan fingerprint density at radius 1 is 1.26 bits per heavy atom. The van der Waals surface area contributed by atoms with E-state index in [1.165, 1.54) is 12.4 Å². The number of carboxylic acid groups (broad SMARTS) is 1. The molecular formula is C12H14ClN3O3. The van der Waals surface area contributed by atoms with Gasteiger partial charge in [-0.05, 0) is 12.8 Å². The van der Waals surface area contributed by atoms with Crippen molar-refractivity contribution < 1.29 is 14.7 Å². The molecule has 2 rings (SSSR count). The number of nitrogens with zero attached hydrogens (tertiary/aromatic N) is 2. The maximum Gasteiger partial charge on any atom is 0.307 e. The van der Waals surface area contributed by atoms with Gasteiger partial charge in [0.2, 0.25) is 5.91 Å². The molecule has 2 N–H and O–H groups in total. The van der Waals surface area contributed by atoms with E-state index in [4.69, 9.17) is 16.7 Å². The summed E-state index contributed by atoms with van der Waals surface area (Å²) in [6.07, 6.45) is 4.08. The van der Waals surface area contributed by atoms with Crippen LogP contribution in [0, 0.1) is 11.8 Å². The molecule has 1 heterocycles. The summed E-state index contributed by atoms with van der Waals surface area (Å²) in [4.78, 5) is 30.8. The number of hydrogen-bond donors (Lipinski definition) is 2. The minimum absolute atomic E-state index is 0.226. The summed E-state index contributed by atoms with van der Waals surface area (Å²) < 4.78 is 0. The van der Waals surface area contributed by atoms with Gasteiger partial charge in [-0.3, -0.25) is 9.59 Å². The van der Waals surface area contributed by atoms with Gasteiger partial charge < -0.3 is 10.4 Å². The SMILES string of the molecule is O=C(O)[C@H]1CCCC[C@H]1C(=O)Nc1cc(Cl)ncn1. The van der Waals surface area contributed by atoms with Crippen LogP contribution in [-0.2, 0) is 9.59 Å². The second kappa shape index (κ2) is 5.97. The normalized spacial score (nSPS) is 22.8. The van der Waals surface area contributed by atoms with Gasteiger partial charge in [-0.25, -0.2) is 9.97 Å². The van der Waals surface area contributed by atoms with Crippen LogP contribution in [0.4, 0.5) is 5.82 Å². The van der Waals surface area contributed by atoms with E-state index in [9.17, 15) is 9.59 Å². The predicted molar refractivity (Wildman–Crippen MR) is 68.8 cm³/mol. The van der Waals surface area contributed by atoms with Crippen LogP contribution < -0.4 is 5.32 Å². The molecule has 0 unspecified atom stereocenters. The molecule has 1 amide bonds. The van der Waals surface area contributed by atoms with Gasteiger partial charge in [0.25, 0.3) is 0 Å². The molecule has 7 heteroatoms. The van der Waals surface area contributed by atoms with Crippen molar-refractivity contribution in [3.8, 4) is 0 Å². The summed E-state index contributed by atoms with van der Waals surface area (Å²) in [6.45, 7) is 0. The van der Waals surface area contributed by atoms with Crippen molar-refractivity contribution in [3.05, 3.63) is 17.5 Å². The third-order valence-corrected chi connectivity index (χ3v) is 3.51. The predicted octanol–water partition coefficient (Wildman–Crippen LogP) is 1.96. The number of amides is 1. The van der Waals surface area contributed by atoms with Gasteiger partial charge in [-0.15, -0.1) is 0 Å². The second-order valence-corrected chi connectivity index (χ2v) is 4.94. The number of carbonyl (C=O) groups is 2. The van der Waals surface area contributed by atoms with E-state index in [1.54, 1.807) is 0 Å². The molecular weight excluding hydrogens is 270 g/mol. The summed E-state index contributed by atoms with van der Waals surface area (Å²) in [7, 11) is 0. The lowest BCUT2D eigenvalue weighted by atomic mass is 9.79. The van der Waals surface area contributed by atoms with Crippen molar-refractivity contribution in [2.24, 2.45) is 11.8 Å². The Morgan fingerprint density at radius 3 is 2.58 bits per heavy atom. The van der Waals surface area contributed by atoms with Crippen molar-refractivity contribution in [1.82, 2.24) is 9.97 Å². The smallest absolute Gasteiger partial charge is 0.307 e. The third kappa shape index (κ3) is 3.41. The molecule has 1 aromatic rings. The van der Waals surface area contributed by atoms with Gasteiger partial charge >= 0.3 is 5.97 Å². The lowest BCUT2D eigenvalue weighted by Gasteiger charge is -2.27. The number of carbonyl (C=O) groups excluding carboxylic acids is 1. The maximum atomic E-state index is 12.1. The highest BCUT2D eigenvalue weighted by Gasteiger charge is 2.35. The quantitative estimate of drug-likeness (QED) is 0.827. The van der Waals surface area contributed by atoms with Crippen molar-refractivity contribution >= 4 is 29.3 Å². The van der Waals surface area contributed by atoms with Crippen LogP contribution >= 0.6 is 11.6 Å². The van der Waals surface area contributed by atoms with Crippen molar-refractivity contribution in [1.29, 1.82) is 0 Å². The molecule has 0 aromatic carbocycles. The highest BCUT2D eigenvalue weighted by Crippen LogP contribution is 2.31. The highest BCUT2D eigenvalue weighted by molar-refractivity contribution is 6.29. The molecule has 0 aliphatic heterocycles. The molecule has 1 aliphatic rings. The number of hydrogen-bond acceptors (Lipinski definition) is 4. The van der Waals surface area contributed by atoms with Crippen LogP contribution in [0.1, 0.15) is 25.7 Å². The average molecular weight is 284 g/mol. The van der Waals surface area contributed by atoms with E-state index in [0.717, 1.165) is 12.8 Å². The lowest BCUT2D eigenvalue weighted by molar-refractivity contribution is -0.147. The van der Waals surface area contributed by atoms with Crippen molar-refractivity contribution in [2.45, 2.75) is 25.7 Å². The van der Waals surface area contributed by atoms with Gasteiger partial charge in [0.05, 0.1) is 11.8 Å². The molecule has 0 saturated heterocycles. The van der Waals surface area contributed by atoms with Crippen LogP contribution in [0.25, 0.3) is 0 Å². The lowest BCUT2D eigenvalue weighted by Crippen LogP contribution is -2.36. The number of aliphatic carboxylic acids is 1. The Kier molecular flexibility index (Phi) is 4.31. The average Bonchev–Trinajstić information content (AvgIpc) is 2.38. The minimum Gasteiger partial charge on any atom is -0.481 e. The topological polar surface area (TPSA) is 92.2 Å². The fraction of sp³-hybridized carbons (Fsp3) is 0.500. The molecule has 1 aromatic heterocycles. The Morgan fingerprint density at radius 2 is 1.95 bits per heavy atom. The van der Waals surface area contributed by atoms with E-state index in [0.29, 0.717) is 18.7 Å². The Labute approximate surface area is 115 Å². The molecule has 19 heavy (non-hydrogen) atoms. The molecule has 0 radical (unpaired) electrons. The van der Waals surface area contributed by atoms with Gasteiger partial charge in [0.1, 0.15) is 17.3 Å². The van der Waals surface area contributed by atoms with Crippen molar-refractivity contribution in [3.63, 3.8) is 0 Å². The zero-order valence-corrected chi connectivity index (χ0v) is 10.9. The van der Waals surface area contributed by atoms with Crippen LogP contribution in [0.2, 0.25) is 5.15 Å². The number of aromatic nitrogens is 2. The zero-order chi connectivity index (χ0) is 13.8. The Balaban J connectivity index is 2.07. The monoisotopic (exact) mass is 283 g/mol. The van der Waals surface area contributed by atoms with Crippen molar-refractivity contribution in [2.75, 3.05) is 5.32 Å². The summed E-state index contributed by atoms with van der Waals surface area (Å²) in [6, 6.07) is 1.43. The third-order valence-electron chi connectivity index (χ3n) is 3.30. The molecule has 1 fully saturated rings. The van der Waals surface area contributed by atoms with Crippen LogP contribution in [0.15, 0.2) is 12.4 Å². The molecule has 102 valence electrons. The van der Waals surface area contributed by atoms with Crippen LogP contribution in [0.5, 0.6) is 0 Å². The minimum atomic E-state index is -0.916. The highest BCUT2D eigenvalue weighted by atomic mass is 35.5. The first-order valence-electron chi connectivity index (χ1n) is 6.09. The first-order chi connectivity index (χ1) is 9.08. The first-order valence-corrected chi connectivity index (χ1v) is 6.47. The molecule has 1 aliphatic carbocycles. The molecule has 0 bridgehead atoms. The van der Waals surface area contributed by atoms with Gasteiger partial charge in [-0.2, -0.15) is 0 Å². The van der Waals surface area contributed by atoms with Gasteiger partial charge in [0, 0.05) is 6.07 Å². The summed E-state index contributed by atoms with van der Waals surface area (Å²) in [5.74, 6) is -2.08. The van der Waals surface area contributed by atoms with E-state index in [2.05, 4.69) is 15.3 Å². The van der Waals surface area contributed by atoms with Crippen LogP contribution in [-0.4, -0.2) is 27.0 Å².